The average Bonchev–Trinajstić information content (AvgIpc) is 2.98. The summed E-state index contributed by atoms with van der Waals surface area (Å²) in [5.74, 6) is -1.36. The summed E-state index contributed by atoms with van der Waals surface area (Å²) in [6.07, 6.45) is -12.0. The Morgan fingerprint density at radius 1 is 1.07 bits per heavy atom. The molecule has 0 bridgehead atoms. The van der Waals surface area contributed by atoms with E-state index in [4.69, 9.17) is 4.74 Å². The van der Waals surface area contributed by atoms with Gasteiger partial charge in [-0.15, -0.1) is 0 Å². The van der Waals surface area contributed by atoms with Gasteiger partial charge in [0.05, 0.1) is 37.6 Å². The lowest BCUT2D eigenvalue weighted by atomic mass is 10.0. The summed E-state index contributed by atoms with van der Waals surface area (Å²) in [7, 11) is 1.46. The standard InChI is InChI=1S/C29H34F6N4O5/c1-17-14-39(18(2)16-40)26(42)13-19-12-22(36-25(41)10-11-28(30,31)32)8-9-23(19)44-24(17)15-38(3)27(43)37-21-6-4-20(5-7-21)29(33,34)35/h4-9,12,17-18,24,40H,10-11,13-16H2,1-3H3,(H,36,41)(H,37,43)/t17-,18-,24+/m0/s1. The van der Waals surface area contributed by atoms with Crippen molar-refractivity contribution in [1.29, 1.82) is 0 Å². The largest absolute Gasteiger partial charge is 0.488 e. The number of likely N-dealkylation sites (N-methyl/N-ethyl adjacent to an activating group) is 1. The van der Waals surface area contributed by atoms with E-state index in [-0.39, 0.29) is 55.1 Å². The molecule has 0 saturated heterocycles. The van der Waals surface area contributed by atoms with E-state index < -0.39 is 54.8 Å². The number of hydrogen-bond donors (Lipinski definition) is 3. The Morgan fingerprint density at radius 2 is 1.70 bits per heavy atom. The van der Waals surface area contributed by atoms with Crippen molar-refractivity contribution in [3.05, 3.63) is 53.6 Å². The van der Waals surface area contributed by atoms with Gasteiger partial charge in [0.25, 0.3) is 0 Å². The average molecular weight is 633 g/mol. The molecule has 0 unspecified atom stereocenters. The fourth-order valence-corrected chi connectivity index (χ4v) is 4.52. The molecule has 0 fully saturated rings. The van der Waals surface area contributed by atoms with Crippen LogP contribution in [0.2, 0.25) is 0 Å². The van der Waals surface area contributed by atoms with Gasteiger partial charge in [0.2, 0.25) is 11.8 Å². The molecule has 0 saturated carbocycles. The number of anilines is 2. The normalized spacial score (nSPS) is 18.2. The molecular formula is C29H34F6N4O5. The van der Waals surface area contributed by atoms with Gasteiger partial charge in [0, 0.05) is 42.9 Å². The van der Waals surface area contributed by atoms with Crippen LogP contribution >= 0.6 is 0 Å². The lowest BCUT2D eigenvalue weighted by Gasteiger charge is -2.34. The number of nitrogens with zero attached hydrogens (tertiary/aromatic N) is 2. The predicted octanol–water partition coefficient (Wildman–Crippen LogP) is 5.30. The van der Waals surface area contributed by atoms with Crippen molar-refractivity contribution in [2.24, 2.45) is 5.92 Å². The maximum atomic E-state index is 13.3. The zero-order chi connectivity index (χ0) is 32.8. The molecule has 1 aliphatic heterocycles. The zero-order valence-corrected chi connectivity index (χ0v) is 24.3. The molecule has 1 heterocycles. The first-order valence-electron chi connectivity index (χ1n) is 13.7. The molecule has 242 valence electrons. The number of benzene rings is 2. The summed E-state index contributed by atoms with van der Waals surface area (Å²) in [5.41, 5.74) is -0.238. The number of alkyl halides is 6. The monoisotopic (exact) mass is 632 g/mol. The topological polar surface area (TPSA) is 111 Å². The minimum absolute atomic E-state index is 0.0153. The van der Waals surface area contributed by atoms with Gasteiger partial charge in [-0.25, -0.2) is 4.79 Å². The zero-order valence-electron chi connectivity index (χ0n) is 24.3. The van der Waals surface area contributed by atoms with Crippen LogP contribution in [0.5, 0.6) is 5.75 Å². The van der Waals surface area contributed by atoms with E-state index in [0.717, 1.165) is 24.3 Å². The van der Waals surface area contributed by atoms with Crippen LogP contribution in [-0.2, 0) is 22.2 Å². The minimum atomic E-state index is -4.53. The van der Waals surface area contributed by atoms with E-state index in [1.165, 1.54) is 35.0 Å². The Hall–Kier alpha value is -4.01. The van der Waals surface area contributed by atoms with Crippen LogP contribution in [0.1, 0.15) is 37.8 Å². The summed E-state index contributed by atoms with van der Waals surface area (Å²) in [4.78, 5) is 41.0. The Bertz CT molecular complexity index is 1320. The Morgan fingerprint density at radius 3 is 2.30 bits per heavy atom. The molecule has 3 N–H and O–H groups in total. The van der Waals surface area contributed by atoms with Crippen molar-refractivity contribution >= 4 is 29.2 Å². The van der Waals surface area contributed by atoms with Crippen molar-refractivity contribution in [2.45, 2.75) is 57.6 Å². The smallest absolute Gasteiger partial charge is 0.416 e. The van der Waals surface area contributed by atoms with Crippen LogP contribution in [0.15, 0.2) is 42.5 Å². The van der Waals surface area contributed by atoms with Gasteiger partial charge in [0.15, 0.2) is 0 Å². The highest BCUT2D eigenvalue weighted by Gasteiger charge is 2.33. The van der Waals surface area contributed by atoms with Crippen LogP contribution in [-0.4, -0.2) is 77.8 Å². The first kappa shape index (κ1) is 34.5. The van der Waals surface area contributed by atoms with Crippen LogP contribution in [0.3, 0.4) is 0 Å². The summed E-state index contributed by atoms with van der Waals surface area (Å²) < 4.78 is 82.5. The molecule has 1 aliphatic rings. The van der Waals surface area contributed by atoms with E-state index in [2.05, 4.69) is 10.6 Å². The molecule has 9 nitrogen and oxygen atoms in total. The maximum absolute atomic E-state index is 13.3. The van der Waals surface area contributed by atoms with Crippen LogP contribution < -0.4 is 15.4 Å². The molecule has 0 aromatic heterocycles. The number of amides is 4. The number of urea groups is 1. The number of aliphatic hydroxyl groups is 1. The van der Waals surface area contributed by atoms with Crippen molar-refractivity contribution in [2.75, 3.05) is 37.4 Å². The third-order valence-corrected chi connectivity index (χ3v) is 7.10. The van der Waals surface area contributed by atoms with E-state index in [9.17, 15) is 45.8 Å². The van der Waals surface area contributed by atoms with Crippen LogP contribution in [0, 0.1) is 5.92 Å². The molecule has 3 rings (SSSR count). The molecule has 0 radical (unpaired) electrons. The third kappa shape index (κ3) is 9.76. The highest BCUT2D eigenvalue weighted by molar-refractivity contribution is 5.91. The van der Waals surface area contributed by atoms with Crippen LogP contribution in [0.25, 0.3) is 0 Å². The lowest BCUT2D eigenvalue weighted by molar-refractivity contribution is -0.142. The Balaban J connectivity index is 1.82. The van der Waals surface area contributed by atoms with Crippen molar-refractivity contribution in [3.8, 4) is 5.75 Å². The highest BCUT2D eigenvalue weighted by Crippen LogP contribution is 2.31. The molecule has 2 aromatic rings. The molecule has 44 heavy (non-hydrogen) atoms. The number of aliphatic hydroxyl groups excluding tert-OH is 1. The second-order valence-electron chi connectivity index (χ2n) is 10.8. The maximum Gasteiger partial charge on any atom is 0.416 e. The number of fused-ring (bicyclic) bond motifs is 1. The van der Waals surface area contributed by atoms with Crippen molar-refractivity contribution in [1.82, 2.24) is 9.80 Å². The molecule has 15 heteroatoms. The third-order valence-electron chi connectivity index (χ3n) is 7.10. The second kappa shape index (κ2) is 14.2. The number of rotatable bonds is 8. The second-order valence-corrected chi connectivity index (χ2v) is 10.8. The van der Waals surface area contributed by atoms with Gasteiger partial charge in [-0.3, -0.25) is 9.59 Å². The van der Waals surface area contributed by atoms with Gasteiger partial charge < -0.3 is 30.3 Å². The molecule has 3 atom stereocenters. The van der Waals surface area contributed by atoms with Crippen LogP contribution in [0.4, 0.5) is 42.5 Å². The molecule has 4 amide bonds. The summed E-state index contributed by atoms with van der Waals surface area (Å²) in [6.45, 7) is 3.24. The SMILES string of the molecule is C[C@H]1CN([C@@H](C)CO)C(=O)Cc2cc(NC(=O)CCC(F)(F)F)ccc2O[C@@H]1CN(C)C(=O)Nc1ccc(C(F)(F)F)cc1. The first-order chi connectivity index (χ1) is 20.5. The quantitative estimate of drug-likeness (QED) is 0.342. The van der Waals surface area contributed by atoms with Gasteiger partial charge in [-0.1, -0.05) is 6.92 Å². The van der Waals surface area contributed by atoms with Gasteiger partial charge >= 0.3 is 18.4 Å². The van der Waals surface area contributed by atoms with Gasteiger partial charge in [-0.05, 0) is 49.4 Å². The van der Waals surface area contributed by atoms with E-state index in [1.807, 2.05) is 0 Å². The predicted molar refractivity (Wildman–Crippen MR) is 149 cm³/mol. The number of ether oxygens (including phenoxy) is 1. The highest BCUT2D eigenvalue weighted by atomic mass is 19.4. The number of hydrogen-bond acceptors (Lipinski definition) is 5. The van der Waals surface area contributed by atoms with Gasteiger partial charge in [0.1, 0.15) is 11.9 Å². The lowest BCUT2D eigenvalue weighted by Crippen LogP contribution is -2.48. The van der Waals surface area contributed by atoms with Crippen molar-refractivity contribution < 1.29 is 50.6 Å². The number of carbonyl (C=O) groups excluding carboxylic acids is 3. The fourth-order valence-electron chi connectivity index (χ4n) is 4.52. The van der Waals surface area contributed by atoms with Gasteiger partial charge in [-0.2, -0.15) is 26.3 Å². The fraction of sp³-hybridized carbons (Fsp3) is 0.483. The summed E-state index contributed by atoms with van der Waals surface area (Å²) >= 11 is 0. The van der Waals surface area contributed by atoms with E-state index in [1.54, 1.807) is 13.8 Å². The Labute approximate surface area is 250 Å². The summed E-state index contributed by atoms with van der Waals surface area (Å²) in [6, 6.07) is 7.06. The number of carbonyl (C=O) groups is 3. The first-order valence-corrected chi connectivity index (χ1v) is 13.7. The molecule has 2 aromatic carbocycles. The van der Waals surface area contributed by atoms with E-state index in [0.29, 0.717) is 5.56 Å². The number of nitrogens with one attached hydrogen (secondary N) is 2. The molecule has 0 aliphatic carbocycles. The van der Waals surface area contributed by atoms with Crippen molar-refractivity contribution in [3.63, 3.8) is 0 Å². The number of halogens is 6. The van der Waals surface area contributed by atoms with E-state index >= 15 is 0 Å². The molecular weight excluding hydrogens is 598 g/mol. The molecule has 0 spiro atoms. The summed E-state index contributed by atoms with van der Waals surface area (Å²) in [5, 5.41) is 14.7. The Kier molecular flexibility index (Phi) is 11.1. The minimum Gasteiger partial charge on any atom is -0.488 e.